The Morgan fingerprint density at radius 2 is 1.95 bits per heavy atom. The van der Waals surface area contributed by atoms with Crippen LogP contribution in [0.25, 0.3) is 0 Å². The van der Waals surface area contributed by atoms with Crippen LogP contribution in [-0.4, -0.2) is 42.6 Å². The van der Waals surface area contributed by atoms with E-state index in [-0.39, 0.29) is 24.6 Å². The number of alkyl halides is 2. The van der Waals surface area contributed by atoms with Crippen LogP contribution in [0.5, 0.6) is 5.75 Å². The fraction of sp³-hybridized carbons (Fsp3) is 0.538. The van der Waals surface area contributed by atoms with Gasteiger partial charge in [0.05, 0.1) is 0 Å². The highest BCUT2D eigenvalue weighted by atomic mass is 79.9. The minimum Gasteiger partial charge on any atom is -0.508 e. The van der Waals surface area contributed by atoms with Gasteiger partial charge in [0, 0.05) is 48.7 Å². The van der Waals surface area contributed by atoms with Gasteiger partial charge in [-0.25, -0.2) is 8.78 Å². The van der Waals surface area contributed by atoms with Crippen molar-refractivity contribution in [2.24, 2.45) is 0 Å². The zero-order valence-electron chi connectivity index (χ0n) is 10.9. The molecule has 0 aromatic heterocycles. The van der Waals surface area contributed by atoms with E-state index >= 15 is 0 Å². The van der Waals surface area contributed by atoms with Crippen LogP contribution in [-0.2, 0) is 0 Å². The summed E-state index contributed by atoms with van der Waals surface area (Å²) in [7, 11) is 0. The summed E-state index contributed by atoms with van der Waals surface area (Å²) in [6, 6.07) is 4.53. The second kappa shape index (κ2) is 8.12. The SMILES string of the molecule is Cl.Oc1ccc(Br)cc1[C@@H](CC(F)F)N1CCNCC1. The molecule has 0 aliphatic carbocycles. The number of aromatic hydroxyl groups is 1. The van der Waals surface area contributed by atoms with Gasteiger partial charge in [0.2, 0.25) is 6.43 Å². The van der Waals surface area contributed by atoms with Crippen LogP contribution in [0.3, 0.4) is 0 Å². The average molecular weight is 372 g/mol. The van der Waals surface area contributed by atoms with Crippen LogP contribution >= 0.6 is 28.3 Å². The molecule has 0 saturated carbocycles. The van der Waals surface area contributed by atoms with Gasteiger partial charge in [-0.2, -0.15) is 0 Å². The Balaban J connectivity index is 0.00000200. The maximum atomic E-state index is 12.8. The van der Waals surface area contributed by atoms with E-state index in [1.165, 1.54) is 0 Å². The Kier molecular flexibility index (Phi) is 7.15. The van der Waals surface area contributed by atoms with Gasteiger partial charge >= 0.3 is 0 Å². The van der Waals surface area contributed by atoms with Gasteiger partial charge in [-0.1, -0.05) is 15.9 Å². The number of nitrogens with zero attached hydrogens (tertiary/aromatic N) is 1. The minimum absolute atomic E-state index is 0. The zero-order chi connectivity index (χ0) is 13.8. The highest BCUT2D eigenvalue weighted by Crippen LogP contribution is 2.35. The topological polar surface area (TPSA) is 35.5 Å². The molecule has 1 atom stereocenters. The second-order valence-electron chi connectivity index (χ2n) is 4.63. The number of phenols is 1. The summed E-state index contributed by atoms with van der Waals surface area (Å²) in [6.45, 7) is 3.00. The molecule has 0 bridgehead atoms. The Morgan fingerprint density at radius 1 is 1.30 bits per heavy atom. The third kappa shape index (κ3) is 4.55. The molecule has 0 amide bonds. The lowest BCUT2D eigenvalue weighted by Crippen LogP contribution is -2.45. The molecular weight excluding hydrogens is 354 g/mol. The molecule has 1 saturated heterocycles. The fourth-order valence-corrected chi connectivity index (χ4v) is 2.81. The van der Waals surface area contributed by atoms with Crippen LogP contribution in [0, 0.1) is 0 Å². The predicted octanol–water partition coefficient (Wildman–Crippen LogP) is 3.18. The molecule has 20 heavy (non-hydrogen) atoms. The van der Waals surface area contributed by atoms with E-state index in [0.717, 1.165) is 17.6 Å². The number of nitrogens with one attached hydrogen (secondary N) is 1. The molecule has 0 spiro atoms. The molecule has 1 aromatic carbocycles. The number of hydrogen-bond donors (Lipinski definition) is 2. The lowest BCUT2D eigenvalue weighted by Gasteiger charge is -2.35. The van der Waals surface area contributed by atoms with Crippen molar-refractivity contribution in [1.82, 2.24) is 10.2 Å². The summed E-state index contributed by atoms with van der Waals surface area (Å²) in [6.07, 6.45) is -2.65. The fourth-order valence-electron chi connectivity index (χ4n) is 2.43. The number of phenolic OH excluding ortho intramolecular Hbond substituents is 1. The van der Waals surface area contributed by atoms with Crippen molar-refractivity contribution in [2.75, 3.05) is 26.2 Å². The third-order valence-electron chi connectivity index (χ3n) is 3.34. The summed E-state index contributed by atoms with van der Waals surface area (Å²) in [5, 5.41) is 13.1. The molecule has 1 aliphatic heterocycles. The van der Waals surface area contributed by atoms with Gasteiger partial charge in [-0.15, -0.1) is 12.4 Å². The second-order valence-corrected chi connectivity index (χ2v) is 5.55. The molecular formula is C13H18BrClF2N2O. The molecule has 2 rings (SSSR count). The monoisotopic (exact) mass is 370 g/mol. The maximum absolute atomic E-state index is 12.8. The van der Waals surface area contributed by atoms with Crippen molar-refractivity contribution in [3.05, 3.63) is 28.2 Å². The molecule has 114 valence electrons. The summed E-state index contributed by atoms with van der Waals surface area (Å²) in [5.41, 5.74) is 0.566. The van der Waals surface area contributed by atoms with Gasteiger partial charge in [-0.05, 0) is 18.2 Å². The molecule has 1 aromatic rings. The Hall–Kier alpha value is -0.430. The number of benzene rings is 1. The van der Waals surface area contributed by atoms with Crippen LogP contribution < -0.4 is 5.32 Å². The Bertz CT molecular complexity index is 431. The molecule has 0 radical (unpaired) electrons. The smallest absolute Gasteiger partial charge is 0.240 e. The first kappa shape index (κ1) is 17.6. The van der Waals surface area contributed by atoms with Crippen LogP contribution in [0.2, 0.25) is 0 Å². The first-order valence-corrected chi connectivity index (χ1v) is 7.08. The summed E-state index contributed by atoms with van der Waals surface area (Å²) >= 11 is 3.33. The van der Waals surface area contributed by atoms with Gasteiger partial charge in [0.15, 0.2) is 0 Å². The van der Waals surface area contributed by atoms with Crippen LogP contribution in [0.4, 0.5) is 8.78 Å². The van der Waals surface area contributed by atoms with E-state index in [1.54, 1.807) is 18.2 Å². The summed E-state index contributed by atoms with van der Waals surface area (Å²) in [5.74, 6) is 0.0763. The van der Waals surface area contributed by atoms with Crippen molar-refractivity contribution < 1.29 is 13.9 Å². The molecule has 7 heteroatoms. The van der Waals surface area contributed by atoms with E-state index < -0.39 is 12.5 Å². The molecule has 1 heterocycles. The van der Waals surface area contributed by atoms with E-state index in [9.17, 15) is 13.9 Å². The highest BCUT2D eigenvalue weighted by molar-refractivity contribution is 9.10. The van der Waals surface area contributed by atoms with Crippen molar-refractivity contribution in [2.45, 2.75) is 18.9 Å². The van der Waals surface area contributed by atoms with Crippen molar-refractivity contribution in [3.8, 4) is 5.75 Å². The minimum atomic E-state index is -2.39. The van der Waals surface area contributed by atoms with Crippen LogP contribution in [0.1, 0.15) is 18.0 Å². The number of rotatable bonds is 4. The Labute approximate surface area is 131 Å². The van der Waals surface area contributed by atoms with Gasteiger partial charge in [0.25, 0.3) is 0 Å². The van der Waals surface area contributed by atoms with Gasteiger partial charge < -0.3 is 10.4 Å². The lowest BCUT2D eigenvalue weighted by atomic mass is 10.0. The van der Waals surface area contributed by atoms with Gasteiger partial charge in [0.1, 0.15) is 5.75 Å². The lowest BCUT2D eigenvalue weighted by molar-refractivity contribution is 0.0729. The molecule has 3 nitrogen and oxygen atoms in total. The molecule has 1 aliphatic rings. The largest absolute Gasteiger partial charge is 0.508 e. The van der Waals surface area contributed by atoms with E-state index in [4.69, 9.17) is 0 Å². The van der Waals surface area contributed by atoms with Crippen molar-refractivity contribution >= 4 is 28.3 Å². The first-order valence-electron chi connectivity index (χ1n) is 6.29. The molecule has 2 N–H and O–H groups in total. The van der Waals surface area contributed by atoms with E-state index in [2.05, 4.69) is 21.2 Å². The molecule has 1 fully saturated rings. The normalized spacial score (nSPS) is 17.8. The standard InChI is InChI=1S/C13H17BrF2N2O.ClH/c14-9-1-2-12(19)10(7-9)11(8-13(15)16)18-5-3-17-4-6-18;/h1-2,7,11,13,17,19H,3-6,8H2;1H/t11-;/m1./s1. The van der Waals surface area contributed by atoms with Gasteiger partial charge in [-0.3, -0.25) is 4.90 Å². The number of hydrogen-bond acceptors (Lipinski definition) is 3. The maximum Gasteiger partial charge on any atom is 0.240 e. The Morgan fingerprint density at radius 3 is 2.55 bits per heavy atom. The van der Waals surface area contributed by atoms with Crippen molar-refractivity contribution in [1.29, 1.82) is 0 Å². The van der Waals surface area contributed by atoms with Crippen molar-refractivity contribution in [3.63, 3.8) is 0 Å². The first-order chi connectivity index (χ1) is 9.08. The zero-order valence-corrected chi connectivity index (χ0v) is 13.3. The third-order valence-corrected chi connectivity index (χ3v) is 3.84. The predicted molar refractivity (Wildman–Crippen MR) is 80.9 cm³/mol. The summed E-state index contributed by atoms with van der Waals surface area (Å²) in [4.78, 5) is 2.00. The highest BCUT2D eigenvalue weighted by Gasteiger charge is 2.27. The number of halogens is 4. The average Bonchev–Trinajstić information content (AvgIpc) is 2.40. The summed E-state index contributed by atoms with van der Waals surface area (Å²) < 4.78 is 26.4. The number of piperazine rings is 1. The van der Waals surface area contributed by atoms with Crippen LogP contribution in [0.15, 0.2) is 22.7 Å². The quantitative estimate of drug-likeness (QED) is 0.853. The molecule has 0 unspecified atom stereocenters. The van der Waals surface area contributed by atoms with E-state index in [0.29, 0.717) is 18.7 Å². The van der Waals surface area contributed by atoms with E-state index in [1.807, 2.05) is 4.90 Å².